The Kier molecular flexibility index (Phi) is 5.25. The number of ether oxygens (including phenoxy) is 1. The molecular weight excluding hydrogens is 368 g/mol. The van der Waals surface area contributed by atoms with Gasteiger partial charge in [-0.3, -0.25) is 9.59 Å². The van der Waals surface area contributed by atoms with Crippen molar-refractivity contribution in [3.05, 3.63) is 65.4 Å². The van der Waals surface area contributed by atoms with Crippen molar-refractivity contribution in [2.75, 3.05) is 20.2 Å². The fourth-order valence-corrected chi connectivity index (χ4v) is 3.76. The summed E-state index contributed by atoms with van der Waals surface area (Å²) in [7, 11) is 1.61. The molecule has 1 saturated heterocycles. The summed E-state index contributed by atoms with van der Waals surface area (Å²) in [5, 5.41) is 3.95. The van der Waals surface area contributed by atoms with Gasteiger partial charge in [0.2, 0.25) is 0 Å². The number of amides is 2. The first-order chi connectivity index (χ1) is 14.1. The predicted octanol–water partition coefficient (Wildman–Crippen LogP) is 3.78. The van der Waals surface area contributed by atoms with Crippen molar-refractivity contribution in [1.29, 1.82) is 0 Å². The van der Waals surface area contributed by atoms with Gasteiger partial charge < -0.3 is 19.4 Å². The smallest absolute Gasteiger partial charge is 0.289 e. The summed E-state index contributed by atoms with van der Waals surface area (Å²) in [4.78, 5) is 27.1. The molecule has 0 radical (unpaired) electrons. The molecule has 0 bridgehead atoms. The molecule has 2 amide bonds. The van der Waals surface area contributed by atoms with E-state index in [1.54, 1.807) is 24.1 Å². The van der Waals surface area contributed by atoms with E-state index in [2.05, 4.69) is 5.32 Å². The van der Waals surface area contributed by atoms with Gasteiger partial charge in [-0.1, -0.05) is 18.2 Å². The van der Waals surface area contributed by atoms with E-state index in [0.29, 0.717) is 30.0 Å². The zero-order chi connectivity index (χ0) is 20.4. The van der Waals surface area contributed by atoms with Crippen LogP contribution in [-0.4, -0.2) is 43.0 Å². The summed E-state index contributed by atoms with van der Waals surface area (Å²) in [6.07, 6.45) is 1.44. The zero-order valence-electron chi connectivity index (χ0n) is 16.6. The number of nitrogens with one attached hydrogen (secondary N) is 1. The van der Waals surface area contributed by atoms with Gasteiger partial charge in [0.25, 0.3) is 11.8 Å². The molecule has 150 valence electrons. The molecule has 2 aromatic carbocycles. The minimum absolute atomic E-state index is 0.0628. The third-order valence-corrected chi connectivity index (χ3v) is 5.49. The number of carbonyl (C=O) groups is 2. The van der Waals surface area contributed by atoms with Crippen LogP contribution in [0.5, 0.6) is 5.75 Å². The molecule has 0 spiro atoms. The number of likely N-dealkylation sites (tertiary alicyclic amines) is 1. The maximum Gasteiger partial charge on any atom is 0.289 e. The topological polar surface area (TPSA) is 71.8 Å². The summed E-state index contributed by atoms with van der Waals surface area (Å²) >= 11 is 0. The Hall–Kier alpha value is -3.28. The molecule has 0 unspecified atom stereocenters. The molecule has 6 heteroatoms. The third-order valence-electron chi connectivity index (χ3n) is 5.49. The average Bonchev–Trinajstić information content (AvgIpc) is 3.10. The molecule has 0 atom stereocenters. The predicted molar refractivity (Wildman–Crippen MR) is 110 cm³/mol. The van der Waals surface area contributed by atoms with Crippen LogP contribution in [0, 0.1) is 6.92 Å². The van der Waals surface area contributed by atoms with Crippen LogP contribution in [0.4, 0.5) is 0 Å². The van der Waals surface area contributed by atoms with Crippen LogP contribution >= 0.6 is 0 Å². The van der Waals surface area contributed by atoms with Crippen LogP contribution in [0.2, 0.25) is 0 Å². The molecule has 1 fully saturated rings. The molecule has 1 aliphatic rings. The summed E-state index contributed by atoms with van der Waals surface area (Å²) < 4.78 is 11.1. The third kappa shape index (κ3) is 3.83. The number of fused-ring (bicyclic) bond motifs is 1. The van der Waals surface area contributed by atoms with E-state index in [1.807, 2.05) is 43.3 Å². The highest BCUT2D eigenvalue weighted by Crippen LogP contribution is 2.30. The minimum Gasteiger partial charge on any atom is -0.497 e. The lowest BCUT2D eigenvalue weighted by Crippen LogP contribution is -2.46. The van der Waals surface area contributed by atoms with Gasteiger partial charge in [-0.05, 0) is 50.1 Å². The molecule has 29 heavy (non-hydrogen) atoms. The fraction of sp³-hybridized carbons (Fsp3) is 0.304. The monoisotopic (exact) mass is 392 g/mol. The van der Waals surface area contributed by atoms with Crippen LogP contribution in [0.25, 0.3) is 11.0 Å². The van der Waals surface area contributed by atoms with Crippen molar-refractivity contribution in [3.63, 3.8) is 0 Å². The van der Waals surface area contributed by atoms with Crippen LogP contribution in [0.3, 0.4) is 0 Å². The Bertz CT molecular complexity index is 1030. The van der Waals surface area contributed by atoms with Gasteiger partial charge in [0.15, 0.2) is 5.76 Å². The fourth-order valence-electron chi connectivity index (χ4n) is 3.76. The molecule has 6 nitrogen and oxygen atoms in total. The van der Waals surface area contributed by atoms with E-state index < -0.39 is 0 Å². The molecular formula is C23H24N2O4. The first-order valence-electron chi connectivity index (χ1n) is 9.79. The quantitative estimate of drug-likeness (QED) is 0.733. The number of aryl methyl sites for hydroxylation is 1. The normalized spacial score (nSPS) is 14.8. The van der Waals surface area contributed by atoms with Crippen molar-refractivity contribution < 1.29 is 18.7 Å². The first kappa shape index (κ1) is 19.1. The average molecular weight is 392 g/mol. The lowest BCUT2D eigenvalue weighted by Gasteiger charge is -2.32. The summed E-state index contributed by atoms with van der Waals surface area (Å²) in [6, 6.07) is 14.8. The molecule has 1 aromatic heterocycles. The Morgan fingerprint density at radius 3 is 2.52 bits per heavy atom. The molecule has 1 N–H and O–H groups in total. The summed E-state index contributed by atoms with van der Waals surface area (Å²) in [5.41, 5.74) is 2.15. The minimum atomic E-state index is -0.106. The number of rotatable bonds is 4. The highest BCUT2D eigenvalue weighted by molar-refractivity contribution is 5.99. The molecule has 3 aromatic rings. The largest absolute Gasteiger partial charge is 0.497 e. The summed E-state index contributed by atoms with van der Waals surface area (Å²) in [6.45, 7) is 3.06. The van der Waals surface area contributed by atoms with Gasteiger partial charge in [0.05, 0.1) is 7.11 Å². The van der Waals surface area contributed by atoms with Crippen molar-refractivity contribution in [2.45, 2.75) is 25.8 Å². The molecule has 1 aliphatic heterocycles. The SMILES string of the molecule is COc1ccc2oc(C(=O)N3CCC(NC(=O)c4ccccc4)CC3)c(C)c2c1. The Balaban J connectivity index is 1.41. The van der Waals surface area contributed by atoms with E-state index >= 15 is 0 Å². The van der Waals surface area contributed by atoms with E-state index in [9.17, 15) is 9.59 Å². The van der Waals surface area contributed by atoms with Crippen molar-refractivity contribution in [1.82, 2.24) is 10.2 Å². The number of carbonyl (C=O) groups excluding carboxylic acids is 2. The van der Waals surface area contributed by atoms with E-state index in [-0.39, 0.29) is 17.9 Å². The van der Waals surface area contributed by atoms with Crippen LogP contribution in [0.15, 0.2) is 52.9 Å². The Morgan fingerprint density at radius 1 is 1.10 bits per heavy atom. The lowest BCUT2D eigenvalue weighted by molar-refractivity contribution is 0.0668. The van der Waals surface area contributed by atoms with Crippen LogP contribution in [-0.2, 0) is 0 Å². The number of methoxy groups -OCH3 is 1. The second kappa shape index (κ2) is 7.99. The van der Waals surface area contributed by atoms with Crippen molar-refractivity contribution in [3.8, 4) is 5.75 Å². The number of hydrogen-bond donors (Lipinski definition) is 1. The molecule has 4 rings (SSSR count). The van der Waals surface area contributed by atoms with Gasteiger partial charge >= 0.3 is 0 Å². The second-order valence-corrected chi connectivity index (χ2v) is 7.32. The number of furan rings is 1. The summed E-state index contributed by atoms with van der Waals surface area (Å²) in [5.74, 6) is 0.929. The highest BCUT2D eigenvalue weighted by atomic mass is 16.5. The second-order valence-electron chi connectivity index (χ2n) is 7.32. The Labute approximate surface area is 169 Å². The zero-order valence-corrected chi connectivity index (χ0v) is 16.6. The van der Waals surface area contributed by atoms with Gasteiger partial charge in [-0.2, -0.15) is 0 Å². The maximum absolute atomic E-state index is 13.0. The van der Waals surface area contributed by atoms with E-state index in [1.165, 1.54) is 0 Å². The van der Waals surface area contributed by atoms with Gasteiger partial charge in [-0.25, -0.2) is 0 Å². The van der Waals surface area contributed by atoms with Crippen LogP contribution < -0.4 is 10.1 Å². The standard InChI is InChI=1S/C23H24N2O4/c1-15-19-14-18(28-2)8-9-20(19)29-21(15)23(27)25-12-10-17(11-13-25)24-22(26)16-6-4-3-5-7-16/h3-9,14,17H,10-13H2,1-2H3,(H,24,26). The first-order valence-corrected chi connectivity index (χ1v) is 9.79. The van der Waals surface area contributed by atoms with E-state index in [4.69, 9.17) is 9.15 Å². The maximum atomic E-state index is 13.0. The van der Waals surface area contributed by atoms with Gasteiger partial charge in [-0.15, -0.1) is 0 Å². The molecule has 2 heterocycles. The lowest BCUT2D eigenvalue weighted by atomic mass is 10.0. The van der Waals surface area contributed by atoms with Gasteiger partial charge in [0, 0.05) is 35.6 Å². The van der Waals surface area contributed by atoms with Crippen molar-refractivity contribution >= 4 is 22.8 Å². The Morgan fingerprint density at radius 2 is 1.83 bits per heavy atom. The van der Waals surface area contributed by atoms with Gasteiger partial charge in [0.1, 0.15) is 11.3 Å². The number of hydrogen-bond acceptors (Lipinski definition) is 4. The highest BCUT2D eigenvalue weighted by Gasteiger charge is 2.28. The number of piperidine rings is 1. The molecule has 0 saturated carbocycles. The molecule has 0 aliphatic carbocycles. The number of benzene rings is 2. The van der Waals surface area contributed by atoms with Crippen LogP contribution in [0.1, 0.15) is 39.3 Å². The van der Waals surface area contributed by atoms with Crippen molar-refractivity contribution in [2.24, 2.45) is 0 Å². The van der Waals surface area contributed by atoms with E-state index in [0.717, 1.165) is 29.5 Å². The number of nitrogens with zero attached hydrogens (tertiary/aromatic N) is 1.